The maximum absolute atomic E-state index is 12.3. The van der Waals surface area contributed by atoms with Crippen LogP contribution in [0.15, 0.2) is 12.3 Å². The molecule has 1 heterocycles. The van der Waals surface area contributed by atoms with Gasteiger partial charge in [0, 0.05) is 18.8 Å². The van der Waals surface area contributed by atoms with Crippen molar-refractivity contribution in [2.45, 2.75) is 26.8 Å². The van der Waals surface area contributed by atoms with Gasteiger partial charge in [-0.1, -0.05) is 0 Å². The van der Waals surface area contributed by atoms with Crippen molar-refractivity contribution in [3.63, 3.8) is 0 Å². The minimum Gasteiger partial charge on any atom is -0.397 e. The molecule has 0 atom stereocenters. The molecule has 0 aliphatic carbocycles. The first-order chi connectivity index (χ1) is 8.36. The monoisotopic (exact) mass is 252 g/mol. The minimum absolute atomic E-state index is 0.0848. The van der Waals surface area contributed by atoms with E-state index in [4.69, 9.17) is 11.5 Å². The molecule has 1 aromatic rings. The van der Waals surface area contributed by atoms with Crippen molar-refractivity contribution >= 4 is 17.5 Å². The average molecular weight is 252 g/mol. The Labute approximate surface area is 107 Å². The zero-order valence-electron chi connectivity index (χ0n) is 11.0. The maximum atomic E-state index is 12.3. The fraction of sp³-hybridized carbons (Fsp3) is 0.500. The minimum atomic E-state index is -0.527. The Hall–Kier alpha value is -1.98. The largest absolute Gasteiger partial charge is 0.397 e. The van der Waals surface area contributed by atoms with E-state index in [1.165, 1.54) is 4.90 Å². The van der Waals surface area contributed by atoms with Crippen molar-refractivity contribution in [1.29, 1.82) is 0 Å². The second-order valence-corrected chi connectivity index (χ2v) is 4.45. The molecule has 0 aromatic carbocycles. The van der Waals surface area contributed by atoms with E-state index in [9.17, 15) is 9.59 Å². The highest BCUT2D eigenvalue weighted by Gasteiger charge is 2.21. The molecule has 0 saturated heterocycles. The van der Waals surface area contributed by atoms with Crippen LogP contribution in [0.3, 0.4) is 0 Å². The first kappa shape index (κ1) is 14.1. The van der Waals surface area contributed by atoms with E-state index < -0.39 is 5.91 Å². The third-order valence-electron chi connectivity index (χ3n) is 2.66. The molecule has 0 fully saturated rings. The van der Waals surface area contributed by atoms with Crippen LogP contribution in [0.2, 0.25) is 0 Å². The molecular weight excluding hydrogens is 232 g/mol. The Morgan fingerprint density at radius 1 is 1.44 bits per heavy atom. The number of amides is 2. The number of aromatic nitrogens is 1. The Bertz CT molecular complexity index is 451. The third kappa shape index (κ3) is 3.03. The lowest BCUT2D eigenvalue weighted by Crippen LogP contribution is -2.39. The molecule has 6 heteroatoms. The number of anilines is 1. The Morgan fingerprint density at radius 2 is 2.06 bits per heavy atom. The highest BCUT2D eigenvalue weighted by Crippen LogP contribution is 2.18. The van der Waals surface area contributed by atoms with Crippen LogP contribution in [0, 0.1) is 0 Å². The fourth-order valence-electron chi connectivity index (χ4n) is 1.78. The third-order valence-corrected chi connectivity index (χ3v) is 2.66. The van der Waals surface area contributed by atoms with Gasteiger partial charge in [-0.15, -0.1) is 0 Å². The molecule has 0 saturated carbocycles. The highest BCUT2D eigenvalue weighted by atomic mass is 16.2. The second-order valence-electron chi connectivity index (χ2n) is 4.45. The maximum Gasteiger partial charge on any atom is 0.271 e. The van der Waals surface area contributed by atoms with Gasteiger partial charge in [0.2, 0.25) is 5.91 Å². The second kappa shape index (κ2) is 5.57. The number of likely N-dealkylation sites (N-methyl/N-ethyl adjacent to an activating group) is 1. The van der Waals surface area contributed by atoms with Gasteiger partial charge >= 0.3 is 0 Å². The molecule has 6 nitrogen and oxygen atoms in total. The normalized spacial score (nSPS) is 10.7. The topological polar surface area (TPSA) is 94.3 Å². The summed E-state index contributed by atoms with van der Waals surface area (Å²) < 4.78 is 1.79. The molecule has 2 amide bonds. The summed E-state index contributed by atoms with van der Waals surface area (Å²) in [5.41, 5.74) is 11.8. The lowest BCUT2D eigenvalue weighted by molar-refractivity contribution is -0.118. The Balaban J connectivity index is 3.04. The smallest absolute Gasteiger partial charge is 0.271 e. The number of hydrogen-bond acceptors (Lipinski definition) is 3. The highest BCUT2D eigenvalue weighted by molar-refractivity contribution is 5.96. The predicted octanol–water partition coefficient (Wildman–Crippen LogP) is 0.599. The molecule has 100 valence electrons. The molecule has 4 N–H and O–H groups in total. The number of nitrogens with zero attached hydrogens (tertiary/aromatic N) is 2. The standard InChI is InChI=1S/C12H20N4O2/c1-4-15(7-11(14)17)12(18)10-5-9(13)6-16(10)8(2)3/h5-6,8H,4,7,13H2,1-3H3,(H2,14,17). The van der Waals surface area contributed by atoms with Gasteiger partial charge in [0.1, 0.15) is 5.69 Å². The van der Waals surface area contributed by atoms with Crippen molar-refractivity contribution < 1.29 is 9.59 Å². The average Bonchev–Trinajstić information content (AvgIpc) is 2.67. The van der Waals surface area contributed by atoms with Crippen LogP contribution < -0.4 is 11.5 Å². The summed E-state index contributed by atoms with van der Waals surface area (Å²) in [5.74, 6) is -0.762. The van der Waals surface area contributed by atoms with Crippen molar-refractivity contribution in [2.75, 3.05) is 18.8 Å². The van der Waals surface area contributed by atoms with E-state index >= 15 is 0 Å². The summed E-state index contributed by atoms with van der Waals surface area (Å²) in [6.07, 6.45) is 1.72. The Kier molecular flexibility index (Phi) is 4.36. The number of primary amides is 1. The van der Waals surface area contributed by atoms with Gasteiger partial charge in [-0.2, -0.15) is 0 Å². The van der Waals surface area contributed by atoms with Crippen LogP contribution in [-0.4, -0.2) is 34.4 Å². The van der Waals surface area contributed by atoms with Crippen LogP contribution >= 0.6 is 0 Å². The molecule has 0 radical (unpaired) electrons. The molecule has 0 unspecified atom stereocenters. The summed E-state index contributed by atoms with van der Waals surface area (Å²) in [5, 5.41) is 0. The van der Waals surface area contributed by atoms with Gasteiger partial charge in [-0.3, -0.25) is 9.59 Å². The van der Waals surface area contributed by atoms with Crippen LogP contribution in [0.1, 0.15) is 37.3 Å². The molecule has 1 aromatic heterocycles. The SMILES string of the molecule is CCN(CC(N)=O)C(=O)c1cc(N)cn1C(C)C. The number of nitrogens with two attached hydrogens (primary N) is 2. The summed E-state index contributed by atoms with van der Waals surface area (Å²) in [4.78, 5) is 24.6. The van der Waals surface area contributed by atoms with Crippen LogP contribution in [0.5, 0.6) is 0 Å². The summed E-state index contributed by atoms with van der Waals surface area (Å²) >= 11 is 0. The summed E-state index contributed by atoms with van der Waals surface area (Å²) in [7, 11) is 0. The number of hydrogen-bond donors (Lipinski definition) is 2. The molecule has 0 bridgehead atoms. The summed E-state index contributed by atoms with van der Waals surface area (Å²) in [6, 6.07) is 1.74. The molecular formula is C12H20N4O2. The first-order valence-corrected chi connectivity index (χ1v) is 5.91. The van der Waals surface area contributed by atoms with E-state index in [1.807, 2.05) is 13.8 Å². The quantitative estimate of drug-likeness (QED) is 0.803. The van der Waals surface area contributed by atoms with Crippen LogP contribution in [0.25, 0.3) is 0 Å². The van der Waals surface area contributed by atoms with Gasteiger partial charge in [-0.05, 0) is 26.8 Å². The van der Waals surface area contributed by atoms with Gasteiger partial charge < -0.3 is 20.9 Å². The van der Waals surface area contributed by atoms with E-state index in [0.29, 0.717) is 17.9 Å². The van der Waals surface area contributed by atoms with E-state index in [2.05, 4.69) is 0 Å². The fourth-order valence-corrected chi connectivity index (χ4v) is 1.78. The molecule has 0 aliphatic rings. The summed E-state index contributed by atoms with van der Waals surface area (Å²) in [6.45, 7) is 6.05. The Morgan fingerprint density at radius 3 is 2.50 bits per heavy atom. The van der Waals surface area contributed by atoms with Crippen molar-refractivity contribution in [2.24, 2.45) is 5.73 Å². The van der Waals surface area contributed by atoms with E-state index in [-0.39, 0.29) is 18.5 Å². The van der Waals surface area contributed by atoms with Crippen molar-refractivity contribution in [3.05, 3.63) is 18.0 Å². The lowest BCUT2D eigenvalue weighted by Gasteiger charge is -2.21. The van der Waals surface area contributed by atoms with Crippen molar-refractivity contribution in [1.82, 2.24) is 9.47 Å². The zero-order valence-corrected chi connectivity index (χ0v) is 11.0. The number of rotatable bonds is 5. The van der Waals surface area contributed by atoms with Gasteiger partial charge in [0.25, 0.3) is 5.91 Å². The molecule has 18 heavy (non-hydrogen) atoms. The lowest BCUT2D eigenvalue weighted by atomic mass is 10.3. The zero-order chi connectivity index (χ0) is 13.9. The van der Waals surface area contributed by atoms with Crippen LogP contribution in [-0.2, 0) is 4.79 Å². The van der Waals surface area contributed by atoms with Gasteiger partial charge in [0.05, 0.1) is 12.2 Å². The van der Waals surface area contributed by atoms with E-state index in [0.717, 1.165) is 0 Å². The molecule has 1 rings (SSSR count). The number of carbonyl (C=O) groups is 2. The first-order valence-electron chi connectivity index (χ1n) is 5.91. The van der Waals surface area contributed by atoms with E-state index in [1.54, 1.807) is 23.8 Å². The molecule has 0 spiro atoms. The molecule has 0 aliphatic heterocycles. The number of nitrogen functional groups attached to an aromatic ring is 1. The van der Waals surface area contributed by atoms with Crippen molar-refractivity contribution in [3.8, 4) is 0 Å². The van der Waals surface area contributed by atoms with Gasteiger partial charge in [-0.25, -0.2) is 0 Å². The predicted molar refractivity (Wildman–Crippen MR) is 70.0 cm³/mol. The van der Waals surface area contributed by atoms with Crippen LogP contribution in [0.4, 0.5) is 5.69 Å². The van der Waals surface area contributed by atoms with Gasteiger partial charge in [0.15, 0.2) is 0 Å². The number of carbonyl (C=O) groups excluding carboxylic acids is 2.